The molecule has 4 amide bonds. The van der Waals surface area contributed by atoms with E-state index >= 15 is 0 Å². The van der Waals surface area contributed by atoms with Crippen LogP contribution >= 0.6 is 0 Å². The van der Waals surface area contributed by atoms with Crippen LogP contribution in [-0.4, -0.2) is 101 Å². The van der Waals surface area contributed by atoms with Crippen LogP contribution in [0.1, 0.15) is 181 Å². The van der Waals surface area contributed by atoms with Gasteiger partial charge in [-0.1, -0.05) is 43.8 Å². The summed E-state index contributed by atoms with van der Waals surface area (Å²) < 4.78 is 39.2. The van der Waals surface area contributed by atoms with Gasteiger partial charge in [-0.15, -0.1) is 0 Å². The first-order valence-electron chi connectivity index (χ1n) is 26.9. The summed E-state index contributed by atoms with van der Waals surface area (Å²) in [4.78, 5) is 95.2. The Morgan fingerprint density at radius 2 is 1.05 bits per heavy atom. The van der Waals surface area contributed by atoms with Crippen molar-refractivity contribution in [2.45, 2.75) is 125 Å². The van der Waals surface area contributed by atoms with Gasteiger partial charge in [0.15, 0.2) is 0 Å². The third kappa shape index (κ3) is 14.6. The van der Waals surface area contributed by atoms with Crippen LogP contribution in [0.2, 0.25) is 0 Å². The molecule has 0 aliphatic heterocycles. The fourth-order valence-corrected chi connectivity index (χ4v) is 10.6. The molecular weight excluding hydrogens is 1110 g/mol. The van der Waals surface area contributed by atoms with Crippen LogP contribution in [0, 0.1) is 13.8 Å². The number of nitrogen functional groups attached to an aromatic ring is 1. The van der Waals surface area contributed by atoms with Gasteiger partial charge in [0.2, 0.25) is 10.0 Å². The molecule has 2 aliphatic carbocycles. The summed E-state index contributed by atoms with van der Waals surface area (Å²) >= 11 is 0. The molecule has 0 unspecified atom stereocenters. The average molecular weight is 1180 g/mol. The van der Waals surface area contributed by atoms with Crippen molar-refractivity contribution in [3.05, 3.63) is 176 Å². The van der Waals surface area contributed by atoms with Gasteiger partial charge in [-0.05, 0) is 162 Å². The first-order valence-corrected chi connectivity index (χ1v) is 28.8. The number of hydrogen-bond donors (Lipinski definition) is 6. The summed E-state index contributed by atoms with van der Waals surface area (Å²) in [5, 5.41) is 19.9. The Labute approximate surface area is 491 Å². The molecule has 0 saturated heterocycles. The minimum atomic E-state index is -3.45. The molecule has 0 saturated carbocycles. The molecule has 4 heterocycles. The number of nitrogens with zero attached hydrogens (tertiary/aromatic N) is 8. The van der Waals surface area contributed by atoms with Crippen molar-refractivity contribution in [3.63, 3.8) is 0 Å². The zero-order valence-electron chi connectivity index (χ0n) is 47.8. The largest absolute Gasteiger partial charge is 0.456 e. The Morgan fingerprint density at radius 3 is 1.47 bits per heavy atom. The van der Waals surface area contributed by atoms with E-state index in [4.69, 9.17) is 15.2 Å². The molecule has 444 valence electrons. The second-order valence-electron chi connectivity index (χ2n) is 22.4. The minimum Gasteiger partial charge on any atom is -0.456 e. The second kappa shape index (κ2) is 24.7. The highest BCUT2D eigenvalue weighted by Crippen LogP contribution is 2.37. The number of hydrogen-bond acceptors (Lipinski definition) is 17. The number of rotatable bonds is 14. The van der Waals surface area contributed by atoms with E-state index in [1.807, 2.05) is 73.6 Å². The Hall–Kier alpha value is -9.65. The molecule has 10 rings (SSSR count). The lowest BCUT2D eigenvalue weighted by Gasteiger charge is -2.21. The number of esters is 2. The third-order valence-electron chi connectivity index (χ3n) is 13.8. The predicted molar refractivity (Wildman–Crippen MR) is 316 cm³/mol. The van der Waals surface area contributed by atoms with E-state index in [2.05, 4.69) is 56.1 Å². The van der Waals surface area contributed by atoms with E-state index in [9.17, 15) is 37.2 Å². The maximum absolute atomic E-state index is 13.6. The van der Waals surface area contributed by atoms with Gasteiger partial charge in [-0.25, -0.2) is 28.0 Å². The quantitative estimate of drug-likeness (QED) is 0.0469. The van der Waals surface area contributed by atoms with Crippen LogP contribution in [0.15, 0.2) is 97.6 Å². The molecule has 7 N–H and O–H groups in total. The number of carbonyl (C=O) groups excluding carboxylic acids is 6. The number of nitrogens with one attached hydrogen (secondary N) is 5. The summed E-state index contributed by atoms with van der Waals surface area (Å²) in [6, 6.07) is 23.1. The van der Waals surface area contributed by atoms with E-state index in [-0.39, 0.29) is 78.9 Å². The van der Waals surface area contributed by atoms with Gasteiger partial charge in [-0.3, -0.25) is 23.9 Å². The van der Waals surface area contributed by atoms with Crippen LogP contribution in [-0.2, 0) is 45.4 Å². The van der Waals surface area contributed by atoms with E-state index in [1.54, 1.807) is 54.6 Å². The summed E-state index contributed by atoms with van der Waals surface area (Å²) in [7, 11) is -3.45. The molecule has 2 aliphatic rings. The van der Waals surface area contributed by atoms with Crippen molar-refractivity contribution in [1.29, 1.82) is 0 Å². The Morgan fingerprint density at radius 1 is 0.612 bits per heavy atom. The molecule has 25 heteroatoms. The molecule has 0 spiro atoms. The van der Waals surface area contributed by atoms with E-state index in [1.165, 1.54) is 33.8 Å². The van der Waals surface area contributed by atoms with Gasteiger partial charge >= 0.3 is 11.9 Å². The van der Waals surface area contributed by atoms with Crippen molar-refractivity contribution >= 4 is 68.5 Å². The van der Waals surface area contributed by atoms with Crippen molar-refractivity contribution in [1.82, 2.24) is 60.4 Å². The molecule has 24 nitrogen and oxygen atoms in total. The summed E-state index contributed by atoms with van der Waals surface area (Å²) in [6.07, 6.45) is 6.25. The molecule has 8 aromatic rings. The Bertz CT molecular complexity index is 4050. The zero-order chi connectivity index (χ0) is 60.4. The highest BCUT2D eigenvalue weighted by atomic mass is 32.2. The number of sulfonamides is 1. The second-order valence-corrected chi connectivity index (χ2v) is 24.2. The summed E-state index contributed by atoms with van der Waals surface area (Å²) in [6.45, 7) is 15.1. The predicted octanol–water partition coefficient (Wildman–Crippen LogP) is 7.06. The Balaban J connectivity index is 0.000000220. The molecule has 85 heavy (non-hydrogen) atoms. The lowest BCUT2D eigenvalue weighted by molar-refractivity contribution is 0.00559. The molecule has 2 atom stereocenters. The van der Waals surface area contributed by atoms with Gasteiger partial charge in [0.05, 0.1) is 29.5 Å². The lowest BCUT2D eigenvalue weighted by Crippen LogP contribution is -2.31. The first-order chi connectivity index (χ1) is 39.7. The van der Waals surface area contributed by atoms with Crippen LogP contribution in [0.5, 0.6) is 0 Å². The fraction of sp³-hybridized carbons (Fsp3) is 0.333. The number of ether oxygens (including phenoxy) is 2. The van der Waals surface area contributed by atoms with Crippen LogP contribution in [0.3, 0.4) is 0 Å². The maximum Gasteiger partial charge on any atom is 0.338 e. The normalized spacial score (nSPS) is 14.4. The van der Waals surface area contributed by atoms with Crippen molar-refractivity contribution in [3.8, 4) is 0 Å². The summed E-state index contributed by atoms with van der Waals surface area (Å²) in [5.41, 5.74) is 13.8. The molecule has 4 aromatic heterocycles. The van der Waals surface area contributed by atoms with Crippen LogP contribution in [0.25, 0.3) is 11.6 Å². The van der Waals surface area contributed by atoms with E-state index in [0.29, 0.717) is 53.7 Å². The molecular formula is C60H68N14O10S. The number of benzene rings is 4. The number of carbonyl (C=O) groups is 6. The molecule has 0 fully saturated rings. The highest BCUT2D eigenvalue weighted by Gasteiger charge is 2.32. The standard InChI is InChI=1S/C30H33N7O6S.C29H31N7O4.CH4/c1-17-20-11-12-23(22(20)10-9-21(17)28(40)43-30(2,3)4)34-27(39)25-14-24(35-29-32-16-33-37(25)29)26(38)31-15-18-7-6-8-19(13-18)36-44(5,41)42;1-16-19-10-11-22(21(19)9-8-20(16)27(39)40-29(2,3)4)34-26(38)24-13-23(35-28-32-15-33-36(24)28)25(37)31-14-17-6-5-7-18(30)12-17;/h6-10,13-14,16,23,36H,11-12,15H2,1-5H3,(H,31,38)(H,34,39);5-9,12-13,15,22H,10-11,14,30H2,1-4H3,(H,31,37)(H,34,38);1H4/t23-;22-;/m00./s1. The zero-order valence-corrected chi connectivity index (χ0v) is 48.6. The lowest BCUT2D eigenvalue weighted by atomic mass is 9.97. The van der Waals surface area contributed by atoms with Gasteiger partial charge in [0.25, 0.3) is 35.2 Å². The van der Waals surface area contributed by atoms with E-state index in [0.717, 1.165) is 45.2 Å². The van der Waals surface area contributed by atoms with Gasteiger partial charge in [-0.2, -0.15) is 29.2 Å². The molecule has 0 radical (unpaired) electrons. The number of nitrogens with two attached hydrogens (primary N) is 1. The first kappa shape index (κ1) is 61.4. The third-order valence-corrected chi connectivity index (χ3v) is 14.4. The topological polar surface area (TPSA) is 327 Å². The number of amides is 4. The van der Waals surface area contributed by atoms with Crippen LogP contribution in [0.4, 0.5) is 11.4 Å². The van der Waals surface area contributed by atoms with E-state index < -0.39 is 44.9 Å². The smallest absolute Gasteiger partial charge is 0.338 e. The average Bonchev–Trinajstić information content (AvgIpc) is 3.75. The molecule has 0 bridgehead atoms. The molecule has 4 aromatic carbocycles. The van der Waals surface area contributed by atoms with Gasteiger partial charge in [0.1, 0.15) is 46.6 Å². The maximum atomic E-state index is 13.6. The van der Waals surface area contributed by atoms with Crippen LogP contribution < -0.4 is 31.7 Å². The number of aromatic nitrogens is 8. The fourth-order valence-electron chi connectivity index (χ4n) is 10.0. The monoisotopic (exact) mass is 1180 g/mol. The summed E-state index contributed by atoms with van der Waals surface area (Å²) in [5.74, 6) is -2.45. The van der Waals surface area contributed by atoms with Crippen molar-refractivity contribution in [2.24, 2.45) is 0 Å². The van der Waals surface area contributed by atoms with Gasteiger partial charge in [0, 0.05) is 36.6 Å². The van der Waals surface area contributed by atoms with Crippen molar-refractivity contribution < 1.29 is 46.7 Å². The highest BCUT2D eigenvalue weighted by molar-refractivity contribution is 7.92. The van der Waals surface area contributed by atoms with Gasteiger partial charge < -0.3 is 36.5 Å². The Kier molecular flexibility index (Phi) is 17.8. The number of fused-ring (bicyclic) bond motifs is 4. The van der Waals surface area contributed by atoms with Crippen molar-refractivity contribution in [2.75, 3.05) is 16.7 Å². The number of anilines is 2. The SMILES string of the molecule is C.Cc1c(C(=O)OC(C)(C)C)ccc2c1CC[C@@H]2NC(=O)c1cc(C(=O)NCc2cccc(N)c2)nc2ncnn12.Cc1c(C(=O)OC(C)(C)C)ccc2c1CC[C@@H]2NC(=O)c1cc(C(=O)NCc2cccc(NS(C)(=O)=O)c2)nc2ncnn12. The minimum absolute atomic E-state index is 0.